The minimum absolute atomic E-state index is 0.0776. The monoisotopic (exact) mass is 329 g/mol. The van der Waals surface area contributed by atoms with Crippen LogP contribution in [0.4, 0.5) is 0 Å². The Morgan fingerprint density at radius 2 is 2.00 bits per heavy atom. The van der Waals surface area contributed by atoms with Crippen LogP contribution in [-0.2, 0) is 4.74 Å². The molecule has 0 aromatic heterocycles. The molecule has 2 N–H and O–H groups in total. The highest BCUT2D eigenvalue weighted by atomic mass is 79.9. The molecule has 6 heteroatoms. The first-order valence-electron chi connectivity index (χ1n) is 5.94. The molecule has 1 aromatic rings. The van der Waals surface area contributed by atoms with Gasteiger partial charge in [-0.1, -0.05) is 15.9 Å². The van der Waals surface area contributed by atoms with Crippen LogP contribution >= 0.6 is 15.9 Å². The highest BCUT2D eigenvalue weighted by Gasteiger charge is 2.11. The summed E-state index contributed by atoms with van der Waals surface area (Å²) in [5.74, 6) is -1.35. The molecule has 1 aromatic carbocycles. The maximum absolute atomic E-state index is 11.8. The largest absolute Gasteiger partial charge is 0.478 e. The van der Waals surface area contributed by atoms with Crippen molar-refractivity contribution < 1.29 is 19.4 Å². The fraction of sp³-hybridized carbons (Fsp3) is 0.385. The predicted molar refractivity (Wildman–Crippen MR) is 74.5 cm³/mol. The zero-order valence-electron chi connectivity index (χ0n) is 10.6. The molecule has 19 heavy (non-hydrogen) atoms. The molecule has 0 aliphatic heterocycles. The van der Waals surface area contributed by atoms with Gasteiger partial charge in [0.15, 0.2) is 0 Å². The first-order chi connectivity index (χ1) is 9.04. The number of amides is 1. The van der Waals surface area contributed by atoms with Crippen LogP contribution in [0.5, 0.6) is 0 Å². The van der Waals surface area contributed by atoms with Gasteiger partial charge in [0.1, 0.15) is 0 Å². The number of carbonyl (C=O) groups excluding carboxylic acids is 1. The summed E-state index contributed by atoms with van der Waals surface area (Å²) >= 11 is 3.19. The van der Waals surface area contributed by atoms with Crippen LogP contribution in [-0.4, -0.2) is 36.7 Å². The highest BCUT2D eigenvalue weighted by molar-refractivity contribution is 9.10. The Balaban J connectivity index is 2.59. The lowest BCUT2D eigenvalue weighted by Gasteiger charge is -2.07. The standard InChI is InChI=1S/C13H16BrNO4/c1-2-19-5-3-4-15-12(16)9-6-10(13(17)18)8-11(14)7-9/h6-8H,2-5H2,1H3,(H,15,16)(H,17,18). The molecular weight excluding hydrogens is 314 g/mol. The summed E-state index contributed by atoms with van der Waals surface area (Å²) in [7, 11) is 0. The van der Waals surface area contributed by atoms with E-state index in [1.807, 2.05) is 6.92 Å². The Labute approximate surface area is 120 Å². The molecule has 0 spiro atoms. The lowest BCUT2D eigenvalue weighted by Crippen LogP contribution is -2.25. The lowest BCUT2D eigenvalue weighted by atomic mass is 10.1. The molecule has 0 saturated carbocycles. The molecule has 0 aliphatic carbocycles. The van der Waals surface area contributed by atoms with Crippen molar-refractivity contribution in [1.29, 1.82) is 0 Å². The van der Waals surface area contributed by atoms with E-state index in [0.29, 0.717) is 29.8 Å². The first-order valence-corrected chi connectivity index (χ1v) is 6.73. The third-order valence-corrected chi connectivity index (χ3v) is 2.82. The van der Waals surface area contributed by atoms with E-state index >= 15 is 0 Å². The van der Waals surface area contributed by atoms with E-state index in [2.05, 4.69) is 21.2 Å². The Hall–Kier alpha value is -1.40. The van der Waals surface area contributed by atoms with Crippen molar-refractivity contribution in [3.8, 4) is 0 Å². The summed E-state index contributed by atoms with van der Waals surface area (Å²) in [6.07, 6.45) is 0.722. The molecule has 104 valence electrons. The normalized spacial score (nSPS) is 10.2. The molecule has 1 rings (SSSR count). The zero-order valence-corrected chi connectivity index (χ0v) is 12.2. The number of nitrogens with one attached hydrogen (secondary N) is 1. The molecule has 0 bridgehead atoms. The number of aromatic carboxylic acids is 1. The number of carbonyl (C=O) groups is 2. The maximum Gasteiger partial charge on any atom is 0.335 e. The summed E-state index contributed by atoms with van der Waals surface area (Å²) in [6, 6.07) is 4.39. The highest BCUT2D eigenvalue weighted by Crippen LogP contribution is 2.16. The Morgan fingerprint density at radius 3 is 2.63 bits per heavy atom. The SMILES string of the molecule is CCOCCCNC(=O)c1cc(Br)cc(C(=O)O)c1. The van der Waals surface area contributed by atoms with Gasteiger partial charge in [0, 0.05) is 29.8 Å². The lowest BCUT2D eigenvalue weighted by molar-refractivity contribution is 0.0697. The van der Waals surface area contributed by atoms with E-state index in [1.54, 1.807) is 6.07 Å². The molecule has 0 saturated heterocycles. The molecule has 0 atom stereocenters. The molecule has 0 radical (unpaired) electrons. The van der Waals surface area contributed by atoms with E-state index in [4.69, 9.17) is 9.84 Å². The molecule has 5 nitrogen and oxygen atoms in total. The van der Waals surface area contributed by atoms with Crippen molar-refractivity contribution in [2.24, 2.45) is 0 Å². The summed E-state index contributed by atoms with van der Waals surface area (Å²) in [5, 5.41) is 11.6. The molecule has 0 heterocycles. The van der Waals surface area contributed by atoms with Crippen LogP contribution in [0.25, 0.3) is 0 Å². The number of hydrogen-bond acceptors (Lipinski definition) is 3. The van der Waals surface area contributed by atoms with Crippen molar-refractivity contribution in [3.63, 3.8) is 0 Å². The number of hydrogen-bond donors (Lipinski definition) is 2. The molecule has 0 fully saturated rings. The predicted octanol–water partition coefficient (Wildman–Crippen LogP) is 2.30. The zero-order chi connectivity index (χ0) is 14.3. The Bertz CT molecular complexity index is 462. The summed E-state index contributed by atoms with van der Waals surface area (Å²) in [5.41, 5.74) is 0.400. The number of carboxylic acid groups (broad SMARTS) is 1. The maximum atomic E-state index is 11.8. The number of ether oxygens (including phenoxy) is 1. The quantitative estimate of drug-likeness (QED) is 0.752. The second-order valence-corrected chi connectivity index (χ2v) is 4.76. The van der Waals surface area contributed by atoms with Gasteiger partial charge < -0.3 is 15.2 Å². The van der Waals surface area contributed by atoms with Crippen LogP contribution in [0.3, 0.4) is 0 Å². The third kappa shape index (κ3) is 5.40. The Kier molecular flexibility index (Phi) is 6.52. The van der Waals surface area contributed by atoms with Gasteiger partial charge in [-0.15, -0.1) is 0 Å². The van der Waals surface area contributed by atoms with Crippen molar-refractivity contribution in [2.75, 3.05) is 19.8 Å². The van der Waals surface area contributed by atoms with Crippen molar-refractivity contribution in [3.05, 3.63) is 33.8 Å². The minimum atomic E-state index is -1.06. The van der Waals surface area contributed by atoms with Crippen LogP contribution in [0.2, 0.25) is 0 Å². The van der Waals surface area contributed by atoms with E-state index in [-0.39, 0.29) is 11.5 Å². The topological polar surface area (TPSA) is 75.6 Å². The molecule has 0 unspecified atom stereocenters. The third-order valence-electron chi connectivity index (χ3n) is 2.36. The second kappa shape index (κ2) is 7.91. The average molecular weight is 330 g/mol. The fourth-order valence-electron chi connectivity index (χ4n) is 1.47. The van der Waals surface area contributed by atoms with Crippen LogP contribution < -0.4 is 5.32 Å². The van der Waals surface area contributed by atoms with E-state index in [9.17, 15) is 9.59 Å². The number of benzene rings is 1. The number of halogens is 1. The first kappa shape index (κ1) is 15.7. The molecular formula is C13H16BrNO4. The molecule has 0 aliphatic rings. The van der Waals surface area contributed by atoms with E-state index in [1.165, 1.54) is 12.1 Å². The number of rotatable bonds is 7. The average Bonchev–Trinajstić information content (AvgIpc) is 2.37. The second-order valence-electron chi connectivity index (χ2n) is 3.84. The van der Waals surface area contributed by atoms with E-state index in [0.717, 1.165) is 6.42 Å². The summed E-state index contributed by atoms with van der Waals surface area (Å²) in [6.45, 7) is 3.65. The van der Waals surface area contributed by atoms with Gasteiger partial charge in [0.2, 0.25) is 0 Å². The van der Waals surface area contributed by atoms with Crippen LogP contribution in [0, 0.1) is 0 Å². The molecule has 1 amide bonds. The van der Waals surface area contributed by atoms with Crippen molar-refractivity contribution in [2.45, 2.75) is 13.3 Å². The van der Waals surface area contributed by atoms with Gasteiger partial charge in [-0.05, 0) is 31.5 Å². The van der Waals surface area contributed by atoms with Gasteiger partial charge in [-0.25, -0.2) is 4.79 Å². The van der Waals surface area contributed by atoms with Crippen LogP contribution in [0.1, 0.15) is 34.1 Å². The summed E-state index contributed by atoms with van der Waals surface area (Å²) < 4.78 is 5.72. The fourth-order valence-corrected chi connectivity index (χ4v) is 1.96. The van der Waals surface area contributed by atoms with Gasteiger partial charge in [-0.2, -0.15) is 0 Å². The van der Waals surface area contributed by atoms with Crippen molar-refractivity contribution in [1.82, 2.24) is 5.32 Å². The Morgan fingerprint density at radius 1 is 1.32 bits per heavy atom. The summed E-state index contributed by atoms with van der Waals surface area (Å²) in [4.78, 5) is 22.7. The minimum Gasteiger partial charge on any atom is -0.478 e. The van der Waals surface area contributed by atoms with Gasteiger partial charge in [0.25, 0.3) is 5.91 Å². The smallest absolute Gasteiger partial charge is 0.335 e. The van der Waals surface area contributed by atoms with Gasteiger partial charge in [-0.3, -0.25) is 4.79 Å². The van der Waals surface area contributed by atoms with Gasteiger partial charge >= 0.3 is 5.97 Å². The number of carboxylic acids is 1. The van der Waals surface area contributed by atoms with Crippen LogP contribution in [0.15, 0.2) is 22.7 Å². The van der Waals surface area contributed by atoms with Gasteiger partial charge in [0.05, 0.1) is 5.56 Å². The van der Waals surface area contributed by atoms with E-state index < -0.39 is 5.97 Å². The van der Waals surface area contributed by atoms with Crippen molar-refractivity contribution >= 4 is 27.8 Å².